The summed E-state index contributed by atoms with van der Waals surface area (Å²) in [6, 6.07) is 0. The summed E-state index contributed by atoms with van der Waals surface area (Å²) in [6.07, 6.45) is -0.203. The molecule has 3 atom stereocenters. The molecule has 0 aromatic carbocycles. The van der Waals surface area contributed by atoms with Gasteiger partial charge >= 0.3 is 5.97 Å². The van der Waals surface area contributed by atoms with Crippen molar-refractivity contribution in [2.75, 3.05) is 6.54 Å². The van der Waals surface area contributed by atoms with E-state index in [1.807, 2.05) is 13.8 Å². The fourth-order valence-electron chi connectivity index (χ4n) is 2.92. The molecule has 1 fully saturated rings. The molecule has 0 aromatic rings. The largest absolute Gasteiger partial charge is 0.476 e. The van der Waals surface area contributed by atoms with Crippen molar-refractivity contribution in [2.45, 2.75) is 45.9 Å². The monoisotopic (exact) mass is 298 g/mol. The summed E-state index contributed by atoms with van der Waals surface area (Å²) in [6.45, 7) is 5.74. The quantitative estimate of drug-likeness (QED) is 0.606. The Labute approximate surface area is 123 Å². The number of fused-ring (bicyclic) bond motifs is 1. The number of rotatable bonds is 6. The number of hydrogen-bond acceptors (Lipinski definition) is 5. The van der Waals surface area contributed by atoms with Crippen LogP contribution in [0.4, 0.5) is 0 Å². The fraction of sp³-hybridized carbons (Fsp3) is 0.714. The van der Waals surface area contributed by atoms with E-state index in [2.05, 4.69) is 0 Å². The molecule has 2 aliphatic heterocycles. The first-order valence-corrected chi connectivity index (χ1v) is 7.08. The van der Waals surface area contributed by atoms with Gasteiger partial charge in [0.1, 0.15) is 11.7 Å². The Kier molecular flexibility index (Phi) is 3.99. The molecule has 2 heterocycles. The molecule has 21 heavy (non-hydrogen) atoms. The lowest BCUT2D eigenvalue weighted by molar-refractivity contribution is -0.183. The zero-order valence-corrected chi connectivity index (χ0v) is 12.5. The van der Waals surface area contributed by atoms with E-state index in [9.17, 15) is 19.8 Å². The van der Waals surface area contributed by atoms with Crippen LogP contribution in [0.1, 0.15) is 33.6 Å². The van der Waals surface area contributed by atoms with Gasteiger partial charge in [0.2, 0.25) is 5.91 Å². The van der Waals surface area contributed by atoms with Gasteiger partial charge in [0, 0.05) is 5.41 Å². The summed E-state index contributed by atoms with van der Waals surface area (Å²) in [5.41, 5.74) is 4.87. The third-order valence-corrected chi connectivity index (χ3v) is 4.12. The molecule has 4 N–H and O–H groups in total. The van der Waals surface area contributed by atoms with Crippen LogP contribution in [-0.4, -0.2) is 45.9 Å². The topological polar surface area (TPSA) is 113 Å². The van der Waals surface area contributed by atoms with Crippen LogP contribution < -0.4 is 5.73 Å². The smallest absolute Gasteiger partial charge is 0.356 e. The molecule has 7 heteroatoms. The highest BCUT2D eigenvalue weighted by Crippen LogP contribution is 2.48. The number of allylic oxidation sites excluding steroid dienone is 1. The highest BCUT2D eigenvalue weighted by Gasteiger charge is 2.60. The Bertz CT molecular complexity index is 498. The molecule has 7 nitrogen and oxygen atoms in total. The van der Waals surface area contributed by atoms with Gasteiger partial charge in [0.05, 0.1) is 6.10 Å². The second-order valence-electron chi connectivity index (χ2n) is 6.24. The van der Waals surface area contributed by atoms with Crippen molar-refractivity contribution in [3.8, 4) is 0 Å². The van der Waals surface area contributed by atoms with E-state index in [-0.39, 0.29) is 5.70 Å². The lowest BCUT2D eigenvalue weighted by atomic mass is 9.84. The molecule has 0 aromatic heterocycles. The van der Waals surface area contributed by atoms with Crippen molar-refractivity contribution < 1.29 is 24.5 Å². The van der Waals surface area contributed by atoms with Gasteiger partial charge in [0.15, 0.2) is 11.9 Å². The summed E-state index contributed by atoms with van der Waals surface area (Å²) in [5.74, 6) is -2.00. The SMILES string of the molecule is C[C@@H](O)C1C(=O)N2C(C(=O)O)=C(C(C)(C)CCCN)OC12. The first-order valence-electron chi connectivity index (χ1n) is 7.08. The summed E-state index contributed by atoms with van der Waals surface area (Å²) in [4.78, 5) is 24.7. The van der Waals surface area contributed by atoms with Crippen LogP contribution in [0, 0.1) is 11.3 Å². The third kappa shape index (κ3) is 2.40. The summed E-state index contributed by atoms with van der Waals surface area (Å²) < 4.78 is 5.74. The molecule has 0 aliphatic carbocycles. The van der Waals surface area contributed by atoms with Crippen LogP contribution >= 0.6 is 0 Å². The van der Waals surface area contributed by atoms with Crippen molar-refractivity contribution in [3.05, 3.63) is 11.5 Å². The first kappa shape index (κ1) is 15.8. The lowest BCUT2D eigenvalue weighted by Crippen LogP contribution is -2.62. The second-order valence-corrected chi connectivity index (χ2v) is 6.24. The van der Waals surface area contributed by atoms with Crippen molar-refractivity contribution in [1.29, 1.82) is 0 Å². The van der Waals surface area contributed by atoms with Gasteiger partial charge in [-0.1, -0.05) is 13.8 Å². The molecule has 2 unspecified atom stereocenters. The van der Waals surface area contributed by atoms with Crippen molar-refractivity contribution in [1.82, 2.24) is 4.90 Å². The molecule has 0 saturated carbocycles. The highest BCUT2D eigenvalue weighted by atomic mass is 16.5. The molecule has 118 valence electrons. The molecule has 0 spiro atoms. The Balaban J connectivity index is 2.33. The van der Waals surface area contributed by atoms with Gasteiger partial charge in [-0.05, 0) is 26.3 Å². The number of aliphatic carboxylic acids is 1. The average molecular weight is 298 g/mol. The predicted molar refractivity (Wildman–Crippen MR) is 73.6 cm³/mol. The molecule has 2 rings (SSSR count). The van der Waals surface area contributed by atoms with Gasteiger partial charge in [-0.25, -0.2) is 4.79 Å². The van der Waals surface area contributed by atoms with Gasteiger partial charge in [-0.2, -0.15) is 0 Å². The number of amides is 1. The van der Waals surface area contributed by atoms with E-state index < -0.39 is 35.5 Å². The average Bonchev–Trinajstić information content (AvgIpc) is 2.71. The van der Waals surface area contributed by atoms with Crippen LogP contribution in [0.3, 0.4) is 0 Å². The standard InChI is InChI=1S/C14H22N2O5/c1-7(17)8-11(18)16-9(13(19)20)10(21-12(8)16)14(2,3)5-4-6-15/h7-8,12,17H,4-6,15H2,1-3H3,(H,19,20)/t7-,8?,12?/m1/s1. The number of carboxylic acid groups (broad SMARTS) is 1. The Hall–Kier alpha value is -1.60. The van der Waals surface area contributed by atoms with Crippen LogP contribution in [0.15, 0.2) is 11.5 Å². The minimum atomic E-state index is -1.19. The first-order chi connectivity index (χ1) is 9.72. The molecule has 1 amide bonds. The maximum atomic E-state index is 12.1. The zero-order valence-electron chi connectivity index (χ0n) is 12.5. The Morgan fingerprint density at radius 3 is 2.62 bits per heavy atom. The Morgan fingerprint density at radius 2 is 2.14 bits per heavy atom. The maximum absolute atomic E-state index is 12.1. The van der Waals surface area contributed by atoms with Crippen LogP contribution in [0.2, 0.25) is 0 Å². The number of carbonyl (C=O) groups excluding carboxylic acids is 1. The predicted octanol–water partition coefficient (Wildman–Crippen LogP) is 0.243. The maximum Gasteiger partial charge on any atom is 0.356 e. The highest BCUT2D eigenvalue weighted by molar-refractivity contribution is 5.98. The third-order valence-electron chi connectivity index (χ3n) is 4.12. The van der Waals surface area contributed by atoms with Gasteiger partial charge in [-0.15, -0.1) is 0 Å². The van der Waals surface area contributed by atoms with E-state index in [0.717, 1.165) is 11.3 Å². The minimum Gasteiger partial charge on any atom is -0.476 e. The van der Waals surface area contributed by atoms with E-state index in [0.29, 0.717) is 18.7 Å². The van der Waals surface area contributed by atoms with E-state index in [1.165, 1.54) is 6.92 Å². The summed E-state index contributed by atoms with van der Waals surface area (Å²) >= 11 is 0. The number of carbonyl (C=O) groups is 2. The summed E-state index contributed by atoms with van der Waals surface area (Å²) in [5, 5.41) is 19.1. The van der Waals surface area contributed by atoms with Gasteiger partial charge in [-0.3, -0.25) is 9.69 Å². The molecule has 0 radical (unpaired) electrons. The van der Waals surface area contributed by atoms with Gasteiger partial charge in [0.25, 0.3) is 0 Å². The Morgan fingerprint density at radius 1 is 1.52 bits per heavy atom. The van der Waals surface area contributed by atoms with E-state index in [4.69, 9.17) is 10.5 Å². The molecule has 0 bridgehead atoms. The van der Waals surface area contributed by atoms with Crippen molar-refractivity contribution in [2.24, 2.45) is 17.1 Å². The van der Waals surface area contributed by atoms with Crippen LogP contribution in [0.25, 0.3) is 0 Å². The number of aliphatic hydroxyl groups excluding tert-OH is 1. The molecular formula is C14H22N2O5. The number of ether oxygens (including phenoxy) is 1. The number of β-lactam (4-membered cyclic amide) rings is 1. The normalized spacial score (nSPS) is 26.3. The zero-order chi connectivity index (χ0) is 15.9. The van der Waals surface area contributed by atoms with E-state index in [1.54, 1.807) is 0 Å². The van der Waals surface area contributed by atoms with Crippen molar-refractivity contribution in [3.63, 3.8) is 0 Å². The second kappa shape index (κ2) is 5.31. The number of aliphatic hydroxyl groups is 1. The van der Waals surface area contributed by atoms with Gasteiger partial charge < -0.3 is 20.7 Å². The molecule has 1 saturated heterocycles. The number of nitrogens with two attached hydrogens (primary N) is 1. The molecular weight excluding hydrogens is 276 g/mol. The molecule has 2 aliphatic rings. The lowest BCUT2D eigenvalue weighted by Gasteiger charge is -2.42. The van der Waals surface area contributed by atoms with Crippen molar-refractivity contribution >= 4 is 11.9 Å². The summed E-state index contributed by atoms with van der Waals surface area (Å²) in [7, 11) is 0. The van der Waals surface area contributed by atoms with Crippen LogP contribution in [0.5, 0.6) is 0 Å². The number of hydrogen-bond donors (Lipinski definition) is 3. The van der Waals surface area contributed by atoms with E-state index >= 15 is 0 Å². The number of carboxylic acids is 1. The number of nitrogens with zero attached hydrogens (tertiary/aromatic N) is 1. The minimum absolute atomic E-state index is 0.107. The fourth-order valence-corrected chi connectivity index (χ4v) is 2.92. The van der Waals surface area contributed by atoms with Crippen LogP contribution in [-0.2, 0) is 14.3 Å².